The number of hydrogen-bond donors (Lipinski definition) is 1. The Bertz CT molecular complexity index is 1050. The molecule has 0 atom stereocenters. The van der Waals surface area contributed by atoms with Crippen LogP contribution < -0.4 is 18.9 Å². The van der Waals surface area contributed by atoms with Crippen molar-refractivity contribution in [3.63, 3.8) is 0 Å². The molecule has 0 amide bonds. The van der Waals surface area contributed by atoms with Crippen molar-refractivity contribution >= 4 is 17.0 Å². The van der Waals surface area contributed by atoms with Crippen LogP contribution in [0, 0.1) is 0 Å². The van der Waals surface area contributed by atoms with Crippen LogP contribution in [0.3, 0.4) is 0 Å². The normalized spacial score (nSPS) is 10.5. The number of pyridine rings is 1. The van der Waals surface area contributed by atoms with Crippen molar-refractivity contribution in [2.24, 2.45) is 0 Å². The van der Waals surface area contributed by atoms with Crippen molar-refractivity contribution in [1.29, 1.82) is 0 Å². The summed E-state index contributed by atoms with van der Waals surface area (Å²) < 4.78 is 1.99. The van der Waals surface area contributed by atoms with Gasteiger partial charge in [-0.2, -0.15) is 0 Å². The van der Waals surface area contributed by atoms with Crippen molar-refractivity contribution in [2.45, 2.75) is 6.42 Å². The number of nitrogens with zero attached hydrogens (tertiary/aromatic N) is 3. The van der Waals surface area contributed by atoms with E-state index in [0.29, 0.717) is 0 Å². The predicted molar refractivity (Wildman–Crippen MR) is 96.8 cm³/mol. The molecule has 2 aromatic heterocycles. The van der Waals surface area contributed by atoms with E-state index >= 15 is 0 Å². The first-order valence-electron chi connectivity index (χ1n) is 7.89. The van der Waals surface area contributed by atoms with E-state index in [9.17, 15) is 4.79 Å². The van der Waals surface area contributed by atoms with E-state index in [1.54, 1.807) is 12.5 Å². The van der Waals surface area contributed by atoms with Crippen molar-refractivity contribution in [1.82, 2.24) is 14.5 Å². The van der Waals surface area contributed by atoms with Gasteiger partial charge in [0.2, 0.25) is 0 Å². The first kappa shape index (κ1) is 17.9. The van der Waals surface area contributed by atoms with Crippen molar-refractivity contribution in [2.75, 3.05) is 0 Å². The van der Waals surface area contributed by atoms with Gasteiger partial charge >= 0.3 is 24.8 Å². The quantitative estimate of drug-likeness (QED) is 0.560. The maximum absolute atomic E-state index is 10.8. The Morgan fingerprint density at radius 1 is 1.08 bits per heavy atom. The second-order valence-electron chi connectivity index (χ2n) is 5.80. The van der Waals surface area contributed by atoms with Crippen LogP contribution in [-0.2, 0) is 11.2 Å². The molecule has 5 nitrogen and oxygen atoms in total. The van der Waals surface area contributed by atoms with Crippen LogP contribution in [0.4, 0.5) is 0 Å². The Balaban J connectivity index is 0.00000131. The molecule has 0 bridgehead atoms. The minimum Gasteiger partial charge on any atom is -1.00 e. The van der Waals surface area contributed by atoms with Crippen molar-refractivity contribution in [3.8, 4) is 16.8 Å². The Hall–Kier alpha value is -2.87. The third kappa shape index (κ3) is 3.55. The van der Waals surface area contributed by atoms with Gasteiger partial charge in [0, 0.05) is 23.6 Å². The molecule has 0 radical (unpaired) electrons. The maximum atomic E-state index is 10.8. The van der Waals surface area contributed by atoms with Gasteiger partial charge in [-0.05, 0) is 41.5 Å². The smallest absolute Gasteiger partial charge is 1.00 e. The van der Waals surface area contributed by atoms with E-state index in [2.05, 4.69) is 16.0 Å². The van der Waals surface area contributed by atoms with Crippen molar-refractivity contribution < 1.29 is 30.2 Å². The van der Waals surface area contributed by atoms with Crippen LogP contribution in [0.1, 0.15) is 6.99 Å². The first-order valence-corrected chi connectivity index (χ1v) is 7.89. The minimum absolute atomic E-state index is 0. The summed E-state index contributed by atoms with van der Waals surface area (Å²) in [6.07, 6.45) is 5.40. The number of imidazole rings is 1. The molecule has 124 valence electrons. The second-order valence-corrected chi connectivity index (χ2v) is 5.80. The summed E-state index contributed by atoms with van der Waals surface area (Å²) >= 11 is 0. The molecule has 2 heterocycles. The second kappa shape index (κ2) is 7.57. The summed E-state index contributed by atoms with van der Waals surface area (Å²) in [5.74, 6) is -0.830. The van der Waals surface area contributed by atoms with Crippen LogP contribution in [0.25, 0.3) is 27.8 Å². The fraction of sp³-hybridized carbons (Fsp3) is 0.0500. The van der Waals surface area contributed by atoms with E-state index in [1.165, 1.54) is 0 Å². The number of aromatic nitrogens is 3. The molecule has 0 unspecified atom stereocenters. The van der Waals surface area contributed by atoms with E-state index in [1.807, 2.05) is 59.3 Å². The number of fused-ring (bicyclic) bond motifs is 1. The summed E-state index contributed by atoms with van der Waals surface area (Å²) in [7, 11) is 0. The average Bonchev–Trinajstić information content (AvgIpc) is 3.06. The largest absolute Gasteiger partial charge is 1.00 e. The van der Waals surface area contributed by atoms with Gasteiger partial charge in [0.05, 0.1) is 17.5 Å². The summed E-state index contributed by atoms with van der Waals surface area (Å²) in [4.78, 5) is 19.4. The van der Waals surface area contributed by atoms with E-state index in [4.69, 9.17) is 5.11 Å². The number of carboxylic acids is 1. The summed E-state index contributed by atoms with van der Waals surface area (Å²) in [6, 6.07) is 17.6. The van der Waals surface area contributed by atoms with Gasteiger partial charge < -0.3 is 6.53 Å². The molecule has 4 aromatic rings. The molecule has 0 saturated heterocycles. The van der Waals surface area contributed by atoms with Crippen LogP contribution in [0.2, 0.25) is 0 Å². The number of carboxylic acid groups (broad SMARTS) is 1. The zero-order chi connectivity index (χ0) is 17.2. The third-order valence-electron chi connectivity index (χ3n) is 4.11. The van der Waals surface area contributed by atoms with Crippen LogP contribution in [0.5, 0.6) is 0 Å². The Morgan fingerprint density at radius 3 is 2.58 bits per heavy atom. The zero-order valence-corrected chi connectivity index (χ0v) is 14.3. The van der Waals surface area contributed by atoms with Crippen LogP contribution >= 0.6 is 0 Å². The van der Waals surface area contributed by atoms with Gasteiger partial charge in [-0.15, -0.1) is 0 Å². The summed E-state index contributed by atoms with van der Waals surface area (Å²) in [5, 5.41) is 8.86. The summed E-state index contributed by atoms with van der Waals surface area (Å²) in [6.45, 7) is 0. The number of aliphatic carboxylic acids is 1. The molecule has 4 rings (SSSR count). The molecule has 6 heteroatoms. The zero-order valence-electron chi connectivity index (χ0n) is 15.3. The van der Waals surface area contributed by atoms with E-state index in [-0.39, 0.29) is 26.7 Å². The molecule has 0 fully saturated rings. The molecule has 0 saturated carbocycles. The van der Waals surface area contributed by atoms with E-state index in [0.717, 1.165) is 33.4 Å². The molecule has 26 heavy (non-hydrogen) atoms. The van der Waals surface area contributed by atoms with Crippen LogP contribution in [0.15, 0.2) is 73.3 Å². The van der Waals surface area contributed by atoms with Gasteiger partial charge in [-0.1, -0.05) is 24.3 Å². The number of rotatable bonds is 4. The minimum atomic E-state index is -0.830. The fourth-order valence-electron chi connectivity index (χ4n) is 2.88. The topological polar surface area (TPSA) is 68.0 Å². The molecule has 2 aromatic carbocycles. The molecular formula is C20H16LiN3O2. The monoisotopic (exact) mass is 337 g/mol. The summed E-state index contributed by atoms with van der Waals surface area (Å²) in [5.41, 5.74) is 5.75. The van der Waals surface area contributed by atoms with Gasteiger partial charge in [0.1, 0.15) is 6.33 Å². The molecule has 0 aliphatic carbocycles. The Labute approximate surface area is 164 Å². The Morgan fingerprint density at radius 2 is 1.88 bits per heavy atom. The molecular weight excluding hydrogens is 321 g/mol. The fourth-order valence-corrected chi connectivity index (χ4v) is 2.88. The predicted octanol–water partition coefficient (Wildman–Crippen LogP) is 0.831. The van der Waals surface area contributed by atoms with E-state index < -0.39 is 5.97 Å². The van der Waals surface area contributed by atoms with Crippen LogP contribution in [-0.4, -0.2) is 25.6 Å². The molecule has 0 aliphatic heterocycles. The molecule has 0 aliphatic rings. The first-order chi connectivity index (χ1) is 12.2. The van der Waals surface area contributed by atoms with Gasteiger partial charge in [0.25, 0.3) is 0 Å². The molecule has 1 N–H and O–H groups in total. The number of benzene rings is 2. The standard InChI is InChI=1S/C20H15N3O2.Li.H/c24-20(25)10-14-3-6-17(7-4-14)23-13-22-18-11-15(5-8-19(18)23)16-2-1-9-21-12-16;;/h1-9,11-13H,10H2,(H,24,25);;/q;+1;-1. The maximum Gasteiger partial charge on any atom is 1.00 e. The average molecular weight is 337 g/mol. The Kier molecular flexibility index (Phi) is 5.22. The SMILES string of the molecule is O=C(O)Cc1ccc(-n2cnc3cc(-c4cccnc4)ccc32)cc1.[H-].[Li+]. The third-order valence-corrected chi connectivity index (χ3v) is 4.11. The number of hydrogen-bond acceptors (Lipinski definition) is 3. The van der Waals surface area contributed by atoms with Gasteiger partial charge in [0.15, 0.2) is 0 Å². The van der Waals surface area contributed by atoms with Gasteiger partial charge in [-0.25, -0.2) is 4.98 Å². The number of carbonyl (C=O) groups is 1. The van der Waals surface area contributed by atoms with Gasteiger partial charge in [-0.3, -0.25) is 14.3 Å². The molecule has 0 spiro atoms. The van der Waals surface area contributed by atoms with Crippen molar-refractivity contribution in [3.05, 3.63) is 78.9 Å².